The number of nitrogens with one attached hydrogen (secondary N) is 1. The first kappa shape index (κ1) is 24.3. The van der Waals surface area contributed by atoms with Crippen LogP contribution >= 0.6 is 15.9 Å². The average molecular weight is 438 g/mol. The molecule has 9 nitrogen and oxygen atoms in total. The number of carboxylic acid groups (broad SMARTS) is 1. The number of unbranched alkanes of at least 4 members (excludes halogenated alkanes) is 1. The summed E-state index contributed by atoms with van der Waals surface area (Å²) in [5, 5.41) is 12.0. The number of carbonyl (C=O) groups is 4. The summed E-state index contributed by atoms with van der Waals surface area (Å²) in [5.74, 6) is -2.35. The molecule has 26 heavy (non-hydrogen) atoms. The maximum absolute atomic E-state index is 12.5. The molecule has 0 rings (SSSR count). The molecule has 0 spiro atoms. The van der Waals surface area contributed by atoms with E-state index in [2.05, 4.69) is 21.2 Å². The summed E-state index contributed by atoms with van der Waals surface area (Å²) in [6.07, 6.45) is -0.152. The highest BCUT2D eigenvalue weighted by Gasteiger charge is 2.36. The van der Waals surface area contributed by atoms with Crippen LogP contribution in [0.4, 0.5) is 4.79 Å². The summed E-state index contributed by atoms with van der Waals surface area (Å²) < 4.78 is 5.19. The molecule has 0 fully saturated rings. The third-order valence-electron chi connectivity index (χ3n) is 3.17. The second-order valence-corrected chi connectivity index (χ2v) is 7.18. The van der Waals surface area contributed by atoms with E-state index < -0.39 is 29.6 Å². The number of amides is 3. The van der Waals surface area contributed by atoms with E-state index in [-0.39, 0.29) is 30.6 Å². The van der Waals surface area contributed by atoms with Crippen LogP contribution in [0, 0.1) is 0 Å². The highest BCUT2D eigenvalue weighted by molar-refractivity contribution is 9.09. The maximum atomic E-state index is 12.5. The monoisotopic (exact) mass is 437 g/mol. The molecule has 0 bridgehead atoms. The van der Waals surface area contributed by atoms with Crippen molar-refractivity contribution >= 4 is 39.8 Å². The van der Waals surface area contributed by atoms with E-state index in [4.69, 9.17) is 10.5 Å². The molecule has 10 heteroatoms. The van der Waals surface area contributed by atoms with Crippen LogP contribution in [0.25, 0.3) is 0 Å². The van der Waals surface area contributed by atoms with Crippen LogP contribution in [0.5, 0.6) is 0 Å². The minimum atomic E-state index is -1.35. The molecule has 0 aliphatic carbocycles. The molecule has 3 amide bonds. The van der Waals surface area contributed by atoms with Gasteiger partial charge in [-0.2, -0.15) is 0 Å². The molecule has 1 atom stereocenters. The van der Waals surface area contributed by atoms with Gasteiger partial charge in [-0.1, -0.05) is 15.9 Å². The summed E-state index contributed by atoms with van der Waals surface area (Å²) in [5.41, 5.74) is 4.52. The Balaban J connectivity index is 5.28. The number of rotatable bonds is 10. The summed E-state index contributed by atoms with van der Waals surface area (Å²) in [6.45, 7) is 5.22. The van der Waals surface area contributed by atoms with Crippen LogP contribution in [0.15, 0.2) is 0 Å². The van der Waals surface area contributed by atoms with Crippen LogP contribution in [0.1, 0.15) is 46.5 Å². The van der Waals surface area contributed by atoms with Gasteiger partial charge in [0, 0.05) is 13.0 Å². The highest BCUT2D eigenvalue weighted by Crippen LogP contribution is 2.17. The Bertz CT molecular complexity index is 507. The van der Waals surface area contributed by atoms with E-state index in [1.807, 2.05) is 0 Å². The number of carbonyl (C=O) groups excluding carboxylic acids is 3. The molecule has 150 valence electrons. The molecule has 0 aromatic heterocycles. The molecule has 0 saturated heterocycles. The molecular weight excluding hydrogens is 410 g/mol. The lowest BCUT2D eigenvalue weighted by Crippen LogP contribution is -2.51. The van der Waals surface area contributed by atoms with Crippen molar-refractivity contribution in [1.29, 1.82) is 0 Å². The van der Waals surface area contributed by atoms with Gasteiger partial charge in [-0.15, -0.1) is 0 Å². The lowest BCUT2D eigenvalue weighted by Gasteiger charge is -2.30. The number of nitrogens with zero attached hydrogens (tertiary/aromatic N) is 1. The molecule has 0 saturated carbocycles. The van der Waals surface area contributed by atoms with E-state index in [1.54, 1.807) is 20.8 Å². The van der Waals surface area contributed by atoms with Crippen LogP contribution in [-0.4, -0.2) is 63.9 Å². The Labute approximate surface area is 161 Å². The number of nitrogens with two attached hydrogens (primary N) is 1. The van der Waals surface area contributed by atoms with Crippen molar-refractivity contribution in [3.05, 3.63) is 0 Å². The van der Waals surface area contributed by atoms with Gasteiger partial charge >= 0.3 is 12.1 Å². The number of hydrogen-bond donors (Lipinski definition) is 3. The molecule has 0 heterocycles. The topological polar surface area (TPSA) is 139 Å². The lowest BCUT2D eigenvalue weighted by atomic mass is 10.1. The maximum Gasteiger partial charge on any atom is 0.417 e. The minimum absolute atomic E-state index is 0.0162. The van der Waals surface area contributed by atoms with Crippen molar-refractivity contribution in [3.63, 3.8) is 0 Å². The van der Waals surface area contributed by atoms with Crippen molar-refractivity contribution < 1.29 is 29.0 Å². The fourth-order valence-corrected chi connectivity index (χ4v) is 2.23. The zero-order valence-corrected chi connectivity index (χ0v) is 17.0. The number of imide groups is 1. The van der Waals surface area contributed by atoms with E-state index in [1.165, 1.54) is 0 Å². The average Bonchev–Trinajstić information content (AvgIpc) is 2.51. The normalized spacial score (nSPS) is 12.2. The van der Waals surface area contributed by atoms with Gasteiger partial charge in [-0.05, 0) is 46.6 Å². The fourth-order valence-electron chi connectivity index (χ4n) is 2.04. The molecular formula is C16H28BrN3O6. The van der Waals surface area contributed by atoms with Gasteiger partial charge in [0.25, 0.3) is 0 Å². The largest absolute Gasteiger partial charge is 0.480 e. The zero-order valence-electron chi connectivity index (χ0n) is 15.4. The molecule has 0 aromatic rings. The minimum Gasteiger partial charge on any atom is -0.480 e. The van der Waals surface area contributed by atoms with Gasteiger partial charge in [0.15, 0.2) is 0 Å². The van der Waals surface area contributed by atoms with Gasteiger partial charge in [-0.3, -0.25) is 9.59 Å². The summed E-state index contributed by atoms with van der Waals surface area (Å²) in [6, 6.07) is -1.35. The Morgan fingerprint density at radius 2 is 1.85 bits per heavy atom. The van der Waals surface area contributed by atoms with Crippen molar-refractivity contribution in [3.8, 4) is 0 Å². The Kier molecular flexibility index (Phi) is 11.1. The van der Waals surface area contributed by atoms with E-state index in [9.17, 15) is 24.3 Å². The van der Waals surface area contributed by atoms with Gasteiger partial charge in [0.1, 0.15) is 11.6 Å². The van der Waals surface area contributed by atoms with Crippen molar-refractivity contribution in [1.82, 2.24) is 10.2 Å². The Hall–Kier alpha value is -1.68. The number of alkyl halides is 1. The molecule has 0 aromatic carbocycles. The van der Waals surface area contributed by atoms with Gasteiger partial charge in [0.2, 0.25) is 11.8 Å². The lowest BCUT2D eigenvalue weighted by molar-refractivity contribution is -0.150. The number of ether oxygens (including phenoxy) is 1. The van der Waals surface area contributed by atoms with Crippen LogP contribution in [0.3, 0.4) is 0 Å². The summed E-state index contributed by atoms with van der Waals surface area (Å²) >= 11 is 2.98. The predicted molar refractivity (Wildman–Crippen MR) is 98.8 cm³/mol. The van der Waals surface area contributed by atoms with Crippen molar-refractivity contribution in [2.75, 3.05) is 18.4 Å². The molecule has 0 radical (unpaired) electrons. The van der Waals surface area contributed by atoms with E-state index in [0.29, 0.717) is 24.3 Å². The number of halogens is 1. The standard InChI is InChI=1S/C16H28BrN3O6/c1-16(2,3)26-15(25)20(11(14(23)24)6-4-5-8-18)13(22)7-9-19-12(21)10-17/h11H,4-10,18H2,1-3H3,(H,19,21)(H,23,24)/t11-/m0/s1. The van der Waals surface area contributed by atoms with Gasteiger partial charge in [0.05, 0.1) is 5.33 Å². The predicted octanol–water partition coefficient (Wildman–Crippen LogP) is 1.23. The Morgan fingerprint density at radius 1 is 1.23 bits per heavy atom. The SMILES string of the molecule is CC(C)(C)OC(=O)N(C(=O)CCNC(=O)CBr)[C@@H](CCCCN)C(=O)O. The first-order valence-corrected chi connectivity index (χ1v) is 9.46. The van der Waals surface area contributed by atoms with Crippen molar-refractivity contribution in [2.45, 2.75) is 58.1 Å². The second kappa shape index (κ2) is 11.8. The first-order chi connectivity index (χ1) is 12.0. The van der Waals surface area contributed by atoms with Gasteiger partial charge < -0.3 is 20.9 Å². The molecule has 4 N–H and O–H groups in total. The van der Waals surface area contributed by atoms with Gasteiger partial charge in [-0.25, -0.2) is 14.5 Å². The van der Waals surface area contributed by atoms with Crippen LogP contribution < -0.4 is 11.1 Å². The molecule has 0 aliphatic heterocycles. The number of carboxylic acids is 1. The molecule has 0 aliphatic rings. The zero-order chi connectivity index (χ0) is 20.3. The third-order valence-corrected chi connectivity index (χ3v) is 3.68. The fraction of sp³-hybridized carbons (Fsp3) is 0.750. The summed E-state index contributed by atoms with van der Waals surface area (Å²) in [7, 11) is 0. The van der Waals surface area contributed by atoms with Crippen LogP contribution in [-0.2, 0) is 19.1 Å². The van der Waals surface area contributed by atoms with E-state index in [0.717, 1.165) is 0 Å². The van der Waals surface area contributed by atoms with E-state index >= 15 is 0 Å². The first-order valence-electron chi connectivity index (χ1n) is 8.34. The number of hydrogen-bond acceptors (Lipinski definition) is 6. The molecule has 0 unspecified atom stereocenters. The highest BCUT2D eigenvalue weighted by atomic mass is 79.9. The Morgan fingerprint density at radius 3 is 2.31 bits per heavy atom. The van der Waals surface area contributed by atoms with Crippen molar-refractivity contribution in [2.24, 2.45) is 5.73 Å². The third kappa shape index (κ3) is 9.71. The second-order valence-electron chi connectivity index (χ2n) is 6.62. The number of aliphatic carboxylic acids is 1. The smallest absolute Gasteiger partial charge is 0.417 e. The quantitative estimate of drug-likeness (QED) is 0.344. The summed E-state index contributed by atoms with van der Waals surface area (Å²) in [4.78, 5) is 48.4. The van der Waals surface area contributed by atoms with Crippen LogP contribution in [0.2, 0.25) is 0 Å².